The molecule has 1 aromatic rings. The summed E-state index contributed by atoms with van der Waals surface area (Å²) in [6.45, 7) is 7.16. The van der Waals surface area contributed by atoms with Crippen LogP contribution in [-0.4, -0.2) is 55.1 Å². The van der Waals surface area contributed by atoms with Crippen LogP contribution in [0.1, 0.15) is 25.3 Å². The third-order valence-corrected chi connectivity index (χ3v) is 4.01. The van der Waals surface area contributed by atoms with Crippen LogP contribution in [0, 0.1) is 5.82 Å². The van der Waals surface area contributed by atoms with Crippen molar-refractivity contribution in [2.45, 2.75) is 19.8 Å². The summed E-state index contributed by atoms with van der Waals surface area (Å²) in [5, 5.41) is 2.84. The summed E-state index contributed by atoms with van der Waals surface area (Å²) in [6.07, 6.45) is 6.28. The second kappa shape index (κ2) is 11.0. The van der Waals surface area contributed by atoms with E-state index in [0.717, 1.165) is 51.1 Å². The molecular weight excluding hydrogens is 329 g/mol. The number of nitrogens with zero attached hydrogens (tertiary/aromatic N) is 2. The molecule has 1 N–H and O–H groups in total. The van der Waals surface area contributed by atoms with Gasteiger partial charge >= 0.3 is 6.03 Å². The van der Waals surface area contributed by atoms with Gasteiger partial charge in [0.1, 0.15) is 5.82 Å². The average Bonchev–Trinajstić information content (AvgIpc) is 2.57. The second-order valence-corrected chi connectivity index (χ2v) is 5.76. The molecule has 1 fully saturated rings. The third kappa shape index (κ3) is 6.89. The first-order chi connectivity index (χ1) is 11.2. The van der Waals surface area contributed by atoms with E-state index in [-0.39, 0.29) is 24.3 Å². The zero-order valence-corrected chi connectivity index (χ0v) is 15.0. The van der Waals surface area contributed by atoms with Crippen molar-refractivity contribution < 1.29 is 9.18 Å². The minimum Gasteiger partial charge on any atom is -0.338 e. The van der Waals surface area contributed by atoms with Crippen molar-refractivity contribution in [3.8, 4) is 0 Å². The quantitative estimate of drug-likeness (QED) is 0.794. The standard InChI is InChI=1S/C18H26FN3O.ClH/c1-2-20-18(23)22-14-12-21(13-15-22)11-5-3-4-6-16-7-9-17(19)10-8-16;/h4,6-10H,2-3,5,11-15H2,1H3,(H,20,23);1H. The average molecular weight is 356 g/mol. The number of carbonyl (C=O) groups is 1. The number of piperazine rings is 1. The van der Waals surface area contributed by atoms with Crippen LogP contribution in [0.25, 0.3) is 6.08 Å². The van der Waals surface area contributed by atoms with Gasteiger partial charge in [-0.05, 0) is 44.0 Å². The molecule has 1 aliphatic heterocycles. The highest BCUT2D eigenvalue weighted by Crippen LogP contribution is 2.07. The van der Waals surface area contributed by atoms with E-state index >= 15 is 0 Å². The minimum atomic E-state index is -0.200. The number of carbonyl (C=O) groups excluding carboxylic acids is 1. The normalized spacial score (nSPS) is 15.3. The van der Waals surface area contributed by atoms with Gasteiger partial charge in [0.25, 0.3) is 0 Å². The fraction of sp³-hybridized carbons (Fsp3) is 0.500. The minimum absolute atomic E-state index is 0. The van der Waals surface area contributed by atoms with Crippen molar-refractivity contribution in [3.63, 3.8) is 0 Å². The van der Waals surface area contributed by atoms with Crippen LogP contribution in [0.5, 0.6) is 0 Å². The van der Waals surface area contributed by atoms with Gasteiger partial charge in [0.2, 0.25) is 0 Å². The van der Waals surface area contributed by atoms with Gasteiger partial charge in [0.05, 0.1) is 0 Å². The van der Waals surface area contributed by atoms with Gasteiger partial charge in [-0.2, -0.15) is 0 Å². The van der Waals surface area contributed by atoms with E-state index in [2.05, 4.69) is 16.3 Å². The van der Waals surface area contributed by atoms with E-state index in [1.54, 1.807) is 12.1 Å². The molecule has 0 aromatic heterocycles. The SMILES string of the molecule is CCNC(=O)N1CCN(CCCC=Cc2ccc(F)cc2)CC1.Cl. The lowest BCUT2D eigenvalue weighted by atomic mass is 10.2. The van der Waals surface area contributed by atoms with Crippen molar-refractivity contribution in [1.29, 1.82) is 0 Å². The van der Waals surface area contributed by atoms with Crippen LogP contribution >= 0.6 is 12.4 Å². The highest BCUT2D eigenvalue weighted by molar-refractivity contribution is 5.85. The molecule has 0 bridgehead atoms. The third-order valence-electron chi connectivity index (χ3n) is 4.01. The molecule has 0 spiro atoms. The predicted octanol–water partition coefficient (Wildman–Crippen LogP) is 3.39. The fourth-order valence-corrected chi connectivity index (χ4v) is 2.66. The zero-order valence-electron chi connectivity index (χ0n) is 14.2. The Morgan fingerprint density at radius 3 is 2.50 bits per heavy atom. The van der Waals surface area contributed by atoms with E-state index in [1.807, 2.05) is 17.9 Å². The molecule has 0 atom stereocenters. The first-order valence-corrected chi connectivity index (χ1v) is 8.36. The largest absolute Gasteiger partial charge is 0.338 e. The van der Waals surface area contributed by atoms with E-state index in [4.69, 9.17) is 0 Å². The summed E-state index contributed by atoms with van der Waals surface area (Å²) in [4.78, 5) is 16.0. The van der Waals surface area contributed by atoms with Crippen LogP contribution in [0.4, 0.5) is 9.18 Å². The van der Waals surface area contributed by atoms with Crippen LogP contribution in [-0.2, 0) is 0 Å². The van der Waals surface area contributed by atoms with Gasteiger partial charge in [0, 0.05) is 32.7 Å². The Labute approximate surface area is 150 Å². The molecular formula is C18H27ClFN3O. The lowest BCUT2D eigenvalue weighted by Crippen LogP contribution is -2.51. The van der Waals surface area contributed by atoms with Crippen LogP contribution in [0.15, 0.2) is 30.3 Å². The summed E-state index contributed by atoms with van der Waals surface area (Å²) in [5.41, 5.74) is 1.03. The van der Waals surface area contributed by atoms with Crippen LogP contribution < -0.4 is 5.32 Å². The van der Waals surface area contributed by atoms with Gasteiger partial charge < -0.3 is 10.2 Å². The number of amides is 2. The van der Waals surface area contributed by atoms with Gasteiger partial charge in [-0.1, -0.05) is 24.3 Å². The Morgan fingerprint density at radius 2 is 1.88 bits per heavy atom. The van der Waals surface area contributed by atoms with Crippen LogP contribution in [0.2, 0.25) is 0 Å². The number of urea groups is 1. The van der Waals surface area contributed by atoms with Gasteiger partial charge in [-0.3, -0.25) is 4.90 Å². The molecule has 1 aliphatic rings. The van der Waals surface area contributed by atoms with E-state index in [1.165, 1.54) is 12.1 Å². The molecule has 0 radical (unpaired) electrons. The summed E-state index contributed by atoms with van der Waals surface area (Å²) in [6, 6.07) is 6.58. The number of nitrogens with one attached hydrogen (secondary N) is 1. The molecule has 1 heterocycles. The first-order valence-electron chi connectivity index (χ1n) is 8.36. The number of benzene rings is 1. The zero-order chi connectivity index (χ0) is 16.5. The van der Waals surface area contributed by atoms with Crippen molar-refractivity contribution >= 4 is 24.5 Å². The lowest BCUT2D eigenvalue weighted by molar-refractivity contribution is 0.139. The molecule has 1 aromatic carbocycles. The monoisotopic (exact) mass is 355 g/mol. The number of halogens is 2. The first kappa shape index (κ1) is 20.5. The summed E-state index contributed by atoms with van der Waals surface area (Å²) < 4.78 is 12.8. The van der Waals surface area contributed by atoms with Crippen LogP contribution in [0.3, 0.4) is 0 Å². The fourth-order valence-electron chi connectivity index (χ4n) is 2.66. The Morgan fingerprint density at radius 1 is 1.21 bits per heavy atom. The molecule has 0 aliphatic carbocycles. The predicted molar refractivity (Wildman–Crippen MR) is 99.0 cm³/mol. The molecule has 134 valence electrons. The Hall–Kier alpha value is -1.59. The molecule has 0 saturated carbocycles. The maximum atomic E-state index is 12.8. The Bertz CT molecular complexity index is 514. The topological polar surface area (TPSA) is 35.6 Å². The van der Waals surface area contributed by atoms with Gasteiger partial charge in [-0.15, -0.1) is 12.4 Å². The summed E-state index contributed by atoms with van der Waals surface area (Å²) >= 11 is 0. The number of allylic oxidation sites excluding steroid dienone is 1. The maximum absolute atomic E-state index is 12.8. The van der Waals surface area contributed by atoms with E-state index in [0.29, 0.717) is 6.54 Å². The van der Waals surface area contributed by atoms with Crippen molar-refractivity contribution in [2.24, 2.45) is 0 Å². The molecule has 1 saturated heterocycles. The molecule has 2 rings (SSSR count). The number of hydrogen-bond donors (Lipinski definition) is 1. The highest BCUT2D eigenvalue weighted by Gasteiger charge is 2.19. The lowest BCUT2D eigenvalue weighted by Gasteiger charge is -2.34. The van der Waals surface area contributed by atoms with E-state index in [9.17, 15) is 9.18 Å². The number of rotatable bonds is 6. The number of hydrogen-bond acceptors (Lipinski definition) is 2. The van der Waals surface area contributed by atoms with Crippen molar-refractivity contribution in [3.05, 3.63) is 41.7 Å². The maximum Gasteiger partial charge on any atom is 0.317 e. The smallest absolute Gasteiger partial charge is 0.317 e. The Kier molecular flexibility index (Phi) is 9.42. The van der Waals surface area contributed by atoms with E-state index < -0.39 is 0 Å². The summed E-state index contributed by atoms with van der Waals surface area (Å²) in [5.74, 6) is -0.200. The molecule has 24 heavy (non-hydrogen) atoms. The summed E-state index contributed by atoms with van der Waals surface area (Å²) in [7, 11) is 0. The number of unbranched alkanes of at least 4 members (excludes halogenated alkanes) is 1. The molecule has 4 nitrogen and oxygen atoms in total. The molecule has 6 heteroatoms. The molecule has 0 unspecified atom stereocenters. The Balaban J connectivity index is 0.00000288. The molecule has 2 amide bonds. The van der Waals surface area contributed by atoms with Gasteiger partial charge in [0.15, 0.2) is 0 Å². The second-order valence-electron chi connectivity index (χ2n) is 5.76. The van der Waals surface area contributed by atoms with Gasteiger partial charge in [-0.25, -0.2) is 9.18 Å². The van der Waals surface area contributed by atoms with Crippen molar-refractivity contribution in [2.75, 3.05) is 39.3 Å². The van der Waals surface area contributed by atoms with Crippen molar-refractivity contribution in [1.82, 2.24) is 15.1 Å². The highest BCUT2D eigenvalue weighted by atomic mass is 35.5.